The van der Waals surface area contributed by atoms with E-state index in [0.717, 1.165) is 5.56 Å². The standard InChI is InChI=1S/C11H13O.3C4H9.Sn/c1-9(2)8-11(12)10-6-4-3-5-7-10;3*1-3-4-2;/h4-7,9H,8H2,1-2H3;3*1,3-4H2,2H3;. The van der Waals surface area contributed by atoms with Crippen molar-refractivity contribution in [2.24, 2.45) is 5.92 Å². The van der Waals surface area contributed by atoms with E-state index in [9.17, 15) is 4.79 Å². The third kappa shape index (κ3) is 7.44. The van der Waals surface area contributed by atoms with Crippen LogP contribution in [0.15, 0.2) is 24.3 Å². The molecular weight excluding hydrogens is 411 g/mol. The monoisotopic (exact) mass is 452 g/mol. The first-order chi connectivity index (χ1) is 12.0. The van der Waals surface area contributed by atoms with E-state index in [2.05, 4.69) is 58.9 Å². The van der Waals surface area contributed by atoms with Crippen LogP contribution in [0.4, 0.5) is 0 Å². The summed E-state index contributed by atoms with van der Waals surface area (Å²) in [7, 11) is 0. The van der Waals surface area contributed by atoms with Gasteiger partial charge in [0.25, 0.3) is 0 Å². The van der Waals surface area contributed by atoms with E-state index in [1.165, 1.54) is 51.8 Å². The van der Waals surface area contributed by atoms with Gasteiger partial charge in [-0.15, -0.1) is 0 Å². The Morgan fingerprint density at radius 1 is 0.840 bits per heavy atom. The summed E-state index contributed by atoms with van der Waals surface area (Å²) >= 11 is -2.33. The number of unbranched alkanes of at least 4 members (excludes halogenated alkanes) is 3. The number of ketones is 1. The van der Waals surface area contributed by atoms with Gasteiger partial charge in [0, 0.05) is 0 Å². The molecule has 1 aromatic rings. The molecule has 0 amide bonds. The van der Waals surface area contributed by atoms with Crippen molar-refractivity contribution in [2.75, 3.05) is 0 Å². The molecular formula is C23H40OSn. The summed E-state index contributed by atoms with van der Waals surface area (Å²) in [6.07, 6.45) is 8.74. The van der Waals surface area contributed by atoms with E-state index < -0.39 is 18.4 Å². The summed E-state index contributed by atoms with van der Waals surface area (Å²) in [4.78, 5) is 12.3. The first-order valence-corrected chi connectivity index (χ1v) is 18.1. The van der Waals surface area contributed by atoms with Crippen LogP contribution in [0.5, 0.6) is 0 Å². The number of hydrogen-bond acceptors (Lipinski definition) is 1. The molecule has 0 heterocycles. The molecule has 0 aliphatic heterocycles. The van der Waals surface area contributed by atoms with E-state index in [1.807, 2.05) is 0 Å². The van der Waals surface area contributed by atoms with Gasteiger partial charge in [-0.05, 0) is 0 Å². The number of carbonyl (C=O) groups excluding carboxylic acids is 1. The number of benzene rings is 1. The van der Waals surface area contributed by atoms with Gasteiger partial charge in [-0.2, -0.15) is 0 Å². The van der Waals surface area contributed by atoms with Crippen molar-refractivity contribution in [2.45, 2.75) is 92.9 Å². The minimum absolute atomic E-state index is 0.304. The number of carbonyl (C=O) groups is 1. The Morgan fingerprint density at radius 2 is 1.28 bits per heavy atom. The van der Waals surface area contributed by atoms with E-state index in [-0.39, 0.29) is 0 Å². The van der Waals surface area contributed by atoms with Crippen LogP contribution < -0.4 is 3.58 Å². The maximum atomic E-state index is 12.3. The van der Waals surface area contributed by atoms with Crippen molar-refractivity contribution < 1.29 is 4.79 Å². The van der Waals surface area contributed by atoms with Gasteiger partial charge in [0.1, 0.15) is 0 Å². The normalized spacial score (nSPS) is 11.9. The molecule has 0 atom stereocenters. The zero-order valence-electron chi connectivity index (χ0n) is 17.4. The van der Waals surface area contributed by atoms with Gasteiger partial charge < -0.3 is 0 Å². The van der Waals surface area contributed by atoms with Gasteiger partial charge in [-0.25, -0.2) is 0 Å². The molecule has 0 spiro atoms. The summed E-state index contributed by atoms with van der Waals surface area (Å²) in [5.41, 5.74) is 0.916. The van der Waals surface area contributed by atoms with Crippen molar-refractivity contribution >= 4 is 27.7 Å². The quantitative estimate of drug-likeness (QED) is 0.234. The van der Waals surface area contributed by atoms with Crippen LogP contribution in [0.25, 0.3) is 0 Å². The Hall–Kier alpha value is -0.311. The van der Waals surface area contributed by atoms with Gasteiger partial charge in [-0.1, -0.05) is 0 Å². The maximum absolute atomic E-state index is 12.3. The van der Waals surface area contributed by atoms with Crippen LogP contribution in [0.2, 0.25) is 13.3 Å². The Kier molecular flexibility index (Phi) is 11.0. The molecule has 1 rings (SSSR count). The zero-order chi connectivity index (χ0) is 18.7. The van der Waals surface area contributed by atoms with Crippen molar-refractivity contribution in [1.82, 2.24) is 0 Å². The Morgan fingerprint density at radius 3 is 1.64 bits per heavy atom. The van der Waals surface area contributed by atoms with Crippen LogP contribution in [0.3, 0.4) is 0 Å². The molecule has 0 saturated carbocycles. The molecule has 25 heavy (non-hydrogen) atoms. The molecule has 0 N–H and O–H groups in total. The number of hydrogen-bond donors (Lipinski definition) is 0. The van der Waals surface area contributed by atoms with Gasteiger partial charge in [0.2, 0.25) is 0 Å². The predicted molar refractivity (Wildman–Crippen MR) is 115 cm³/mol. The molecule has 0 bridgehead atoms. The summed E-state index contributed by atoms with van der Waals surface area (Å²) in [5.74, 6) is 0.738. The molecule has 0 aliphatic carbocycles. The van der Waals surface area contributed by atoms with Crippen molar-refractivity contribution in [3.05, 3.63) is 29.8 Å². The van der Waals surface area contributed by atoms with Crippen molar-refractivity contribution in [3.8, 4) is 0 Å². The molecule has 0 aromatic heterocycles. The molecule has 1 aromatic carbocycles. The molecule has 0 unspecified atom stereocenters. The molecule has 0 saturated heterocycles. The molecule has 0 fully saturated rings. The average molecular weight is 451 g/mol. The number of Topliss-reactive ketones (excluding diaryl/α,β-unsaturated/α-hetero) is 1. The molecule has 0 aliphatic rings. The van der Waals surface area contributed by atoms with E-state index in [1.54, 1.807) is 3.58 Å². The molecule has 142 valence electrons. The zero-order valence-corrected chi connectivity index (χ0v) is 20.2. The summed E-state index contributed by atoms with van der Waals surface area (Å²) in [6.45, 7) is 11.2. The second-order valence-electron chi connectivity index (χ2n) is 8.19. The second-order valence-corrected chi connectivity index (χ2v) is 21.4. The van der Waals surface area contributed by atoms with Crippen molar-refractivity contribution in [3.63, 3.8) is 0 Å². The van der Waals surface area contributed by atoms with Crippen LogP contribution in [0, 0.1) is 5.92 Å². The van der Waals surface area contributed by atoms with Gasteiger partial charge in [0.15, 0.2) is 0 Å². The first kappa shape index (κ1) is 22.7. The van der Waals surface area contributed by atoms with E-state index >= 15 is 0 Å². The predicted octanol–water partition coefficient (Wildman–Crippen LogP) is 6.97. The summed E-state index contributed by atoms with van der Waals surface area (Å²) in [6, 6.07) is 8.97. The molecule has 2 heteroatoms. The average Bonchev–Trinajstić information content (AvgIpc) is 2.61. The van der Waals surface area contributed by atoms with Gasteiger partial charge >= 0.3 is 161 Å². The second kappa shape index (κ2) is 12.1. The molecule has 1 nitrogen and oxygen atoms in total. The fourth-order valence-electron chi connectivity index (χ4n) is 3.85. The number of rotatable bonds is 13. The van der Waals surface area contributed by atoms with Gasteiger partial charge in [-0.3, -0.25) is 0 Å². The SMILES string of the molecule is CCC[CH2][Sn]([CH2]CCC)([CH2]CCC)[c]1ccc(C(=O)CC(C)C)cc1. The summed E-state index contributed by atoms with van der Waals surface area (Å²) in [5, 5.41) is 0. The van der Waals surface area contributed by atoms with E-state index in [4.69, 9.17) is 0 Å². The van der Waals surface area contributed by atoms with Crippen LogP contribution in [-0.4, -0.2) is 24.2 Å². The van der Waals surface area contributed by atoms with Crippen LogP contribution in [0.1, 0.15) is 89.9 Å². The van der Waals surface area contributed by atoms with Crippen LogP contribution in [-0.2, 0) is 0 Å². The first-order valence-electron chi connectivity index (χ1n) is 10.6. The summed E-state index contributed by atoms with van der Waals surface area (Å²) < 4.78 is 6.14. The Balaban J connectivity index is 3.07. The Bertz CT molecular complexity index is 468. The minimum atomic E-state index is -2.33. The third-order valence-electron chi connectivity index (χ3n) is 5.44. The van der Waals surface area contributed by atoms with Gasteiger partial charge in [0.05, 0.1) is 0 Å². The molecule has 0 radical (unpaired) electrons. The Labute approximate surface area is 160 Å². The van der Waals surface area contributed by atoms with Crippen LogP contribution >= 0.6 is 0 Å². The fourth-order valence-corrected chi connectivity index (χ4v) is 19.8. The van der Waals surface area contributed by atoms with E-state index in [0.29, 0.717) is 18.1 Å². The topological polar surface area (TPSA) is 17.1 Å². The third-order valence-corrected chi connectivity index (χ3v) is 21.1. The van der Waals surface area contributed by atoms with Crippen molar-refractivity contribution in [1.29, 1.82) is 0 Å². The fraction of sp³-hybridized carbons (Fsp3) is 0.696.